The molecule has 0 bridgehead atoms. The van der Waals surface area contributed by atoms with Crippen LogP contribution in [0, 0.1) is 19.7 Å². The number of hydrogen-bond acceptors (Lipinski definition) is 4. The number of hydrogen-bond donors (Lipinski definition) is 1. The van der Waals surface area contributed by atoms with Crippen LogP contribution in [0.2, 0.25) is 10.0 Å². The second-order valence-corrected chi connectivity index (χ2v) is 7.98. The number of benzene rings is 1. The molecule has 4 rings (SSSR count). The van der Waals surface area contributed by atoms with Gasteiger partial charge in [0.05, 0.1) is 6.54 Å². The maximum atomic E-state index is 13.4. The first-order chi connectivity index (χ1) is 15.4. The topological polar surface area (TPSA) is 77.1 Å². The Morgan fingerprint density at radius 2 is 1.85 bits per heavy atom. The van der Waals surface area contributed by atoms with Crippen LogP contribution in [0.4, 0.5) is 23.4 Å². The number of aromatic nitrogens is 5. The highest BCUT2D eigenvalue weighted by Crippen LogP contribution is 2.32. The molecule has 4 aromatic rings. The predicted octanol–water partition coefficient (Wildman–Crippen LogP) is 5.31. The van der Waals surface area contributed by atoms with E-state index in [2.05, 4.69) is 20.5 Å². The van der Waals surface area contributed by atoms with Gasteiger partial charge in [-0.1, -0.05) is 29.3 Å². The van der Waals surface area contributed by atoms with Gasteiger partial charge in [0.15, 0.2) is 17.2 Å². The molecule has 1 aromatic carbocycles. The molecule has 0 saturated heterocycles. The van der Waals surface area contributed by atoms with Crippen molar-refractivity contribution in [3.05, 3.63) is 74.5 Å². The number of rotatable bonds is 4. The van der Waals surface area contributed by atoms with E-state index in [0.717, 1.165) is 6.07 Å². The smallest absolute Gasteiger partial charge is 0.304 e. The predicted molar refractivity (Wildman–Crippen MR) is 113 cm³/mol. The normalized spacial score (nSPS) is 11.9. The highest BCUT2D eigenvalue weighted by Gasteiger charge is 2.36. The van der Waals surface area contributed by atoms with E-state index in [4.69, 9.17) is 23.2 Å². The average molecular weight is 501 g/mol. The lowest BCUT2D eigenvalue weighted by Crippen LogP contribution is -2.16. The molecule has 172 valence electrons. The Kier molecular flexibility index (Phi) is 5.79. The fourth-order valence-electron chi connectivity index (χ4n) is 3.18. The number of carbonyl (C=O) groups is 1. The fourth-order valence-corrected chi connectivity index (χ4v) is 3.65. The Balaban J connectivity index is 1.63. The molecule has 1 amide bonds. The van der Waals surface area contributed by atoms with Gasteiger partial charge in [-0.3, -0.25) is 9.48 Å². The molecule has 3 heterocycles. The van der Waals surface area contributed by atoms with Gasteiger partial charge in [0, 0.05) is 22.5 Å². The summed E-state index contributed by atoms with van der Waals surface area (Å²) in [4.78, 5) is 16.7. The van der Waals surface area contributed by atoms with Gasteiger partial charge in [-0.25, -0.2) is 13.9 Å². The Hall–Kier alpha value is -3.18. The summed E-state index contributed by atoms with van der Waals surface area (Å²) in [6, 6.07) is 6.31. The maximum absolute atomic E-state index is 13.4. The quantitative estimate of drug-likeness (QED) is 0.385. The standard InChI is InChI=1S/C20H14Cl2F4N6O/c1-9-5-14(20(24,25)26)32-18(27-9)16(22)17(30-32)19(33)28-15-6-10(2)31(29-15)8-11-3-4-12(23)7-13(11)21/h3-7H,8H2,1-2H3,(H,28,29,33). The van der Waals surface area contributed by atoms with E-state index >= 15 is 0 Å². The van der Waals surface area contributed by atoms with Crippen LogP contribution in [0.25, 0.3) is 5.65 Å². The van der Waals surface area contributed by atoms with E-state index in [1.54, 1.807) is 13.0 Å². The summed E-state index contributed by atoms with van der Waals surface area (Å²) >= 11 is 12.2. The number of nitrogens with zero attached hydrogens (tertiary/aromatic N) is 5. The third-order valence-electron chi connectivity index (χ3n) is 4.72. The lowest BCUT2D eigenvalue weighted by Gasteiger charge is -2.09. The lowest BCUT2D eigenvalue weighted by molar-refractivity contribution is -0.142. The molecule has 0 radical (unpaired) electrons. The molecule has 0 fully saturated rings. The molecule has 1 N–H and O–H groups in total. The van der Waals surface area contributed by atoms with E-state index < -0.39 is 29.3 Å². The van der Waals surface area contributed by atoms with Gasteiger partial charge in [0.25, 0.3) is 5.91 Å². The molecular formula is C20H14Cl2F4N6O. The summed E-state index contributed by atoms with van der Waals surface area (Å²) in [7, 11) is 0. The van der Waals surface area contributed by atoms with Crippen molar-refractivity contribution in [2.45, 2.75) is 26.6 Å². The third-order valence-corrected chi connectivity index (χ3v) is 5.42. The second-order valence-electron chi connectivity index (χ2n) is 7.20. The largest absolute Gasteiger partial charge is 0.433 e. The van der Waals surface area contributed by atoms with Crippen LogP contribution in [-0.4, -0.2) is 30.3 Å². The van der Waals surface area contributed by atoms with E-state index in [0.29, 0.717) is 15.8 Å². The zero-order valence-electron chi connectivity index (χ0n) is 17.0. The minimum atomic E-state index is -4.73. The van der Waals surface area contributed by atoms with Crippen molar-refractivity contribution in [2.24, 2.45) is 0 Å². The molecule has 13 heteroatoms. The Morgan fingerprint density at radius 1 is 1.12 bits per heavy atom. The van der Waals surface area contributed by atoms with Gasteiger partial charge in [0.2, 0.25) is 0 Å². The van der Waals surface area contributed by atoms with Gasteiger partial charge in [-0.15, -0.1) is 0 Å². The Morgan fingerprint density at radius 3 is 2.52 bits per heavy atom. The number of amides is 1. The van der Waals surface area contributed by atoms with Crippen molar-refractivity contribution in [2.75, 3.05) is 5.32 Å². The zero-order valence-corrected chi connectivity index (χ0v) is 18.5. The minimum Gasteiger partial charge on any atom is -0.304 e. The Labute approximate surface area is 193 Å². The van der Waals surface area contributed by atoms with Crippen molar-refractivity contribution in [3.8, 4) is 0 Å². The molecule has 0 aliphatic carbocycles. The van der Waals surface area contributed by atoms with Gasteiger partial charge >= 0.3 is 6.18 Å². The van der Waals surface area contributed by atoms with Crippen LogP contribution >= 0.6 is 23.2 Å². The van der Waals surface area contributed by atoms with Crippen LogP contribution in [0.15, 0.2) is 30.3 Å². The van der Waals surface area contributed by atoms with Crippen molar-refractivity contribution in [3.63, 3.8) is 0 Å². The highest BCUT2D eigenvalue weighted by atomic mass is 35.5. The molecule has 0 aliphatic rings. The number of halogens is 6. The fraction of sp³-hybridized carbons (Fsp3) is 0.200. The number of anilines is 1. The number of carbonyl (C=O) groups excluding carboxylic acids is 1. The monoisotopic (exact) mass is 500 g/mol. The lowest BCUT2D eigenvalue weighted by atomic mass is 10.2. The summed E-state index contributed by atoms with van der Waals surface area (Å²) in [6.45, 7) is 3.30. The van der Waals surface area contributed by atoms with E-state index in [-0.39, 0.29) is 33.7 Å². The van der Waals surface area contributed by atoms with Crippen LogP contribution in [0.1, 0.15) is 33.1 Å². The summed E-state index contributed by atoms with van der Waals surface area (Å²) in [6.07, 6.45) is -4.73. The third kappa shape index (κ3) is 4.51. The average Bonchev–Trinajstić information content (AvgIpc) is 3.22. The summed E-state index contributed by atoms with van der Waals surface area (Å²) in [5.74, 6) is -1.22. The number of alkyl halides is 3. The van der Waals surface area contributed by atoms with Crippen LogP contribution in [0.5, 0.6) is 0 Å². The van der Waals surface area contributed by atoms with E-state index in [1.807, 2.05) is 0 Å². The minimum absolute atomic E-state index is 0.0670. The molecule has 3 aromatic heterocycles. The number of aryl methyl sites for hydroxylation is 2. The molecule has 0 unspecified atom stereocenters. The van der Waals surface area contributed by atoms with Crippen molar-refractivity contribution >= 4 is 40.6 Å². The summed E-state index contributed by atoms with van der Waals surface area (Å²) in [5.41, 5.74) is -0.523. The highest BCUT2D eigenvalue weighted by molar-refractivity contribution is 6.37. The molecule has 0 saturated carbocycles. The second kappa shape index (κ2) is 8.31. The molecule has 33 heavy (non-hydrogen) atoms. The Bertz CT molecular complexity index is 1400. The van der Waals surface area contributed by atoms with Crippen molar-refractivity contribution in [1.29, 1.82) is 0 Å². The summed E-state index contributed by atoms with van der Waals surface area (Å²) < 4.78 is 55.4. The van der Waals surface area contributed by atoms with Crippen LogP contribution in [0.3, 0.4) is 0 Å². The first kappa shape index (κ1) is 23.0. The van der Waals surface area contributed by atoms with Crippen LogP contribution < -0.4 is 5.32 Å². The van der Waals surface area contributed by atoms with Gasteiger partial charge in [-0.05, 0) is 37.6 Å². The molecule has 0 aliphatic heterocycles. The van der Waals surface area contributed by atoms with Gasteiger partial charge in [0.1, 0.15) is 16.5 Å². The number of fused-ring (bicyclic) bond motifs is 1. The maximum Gasteiger partial charge on any atom is 0.433 e. The molecule has 0 atom stereocenters. The first-order valence-corrected chi connectivity index (χ1v) is 10.1. The molecule has 0 spiro atoms. The van der Waals surface area contributed by atoms with E-state index in [1.165, 1.54) is 29.8 Å². The zero-order chi connectivity index (χ0) is 24.1. The molecule has 7 nitrogen and oxygen atoms in total. The van der Waals surface area contributed by atoms with E-state index in [9.17, 15) is 22.4 Å². The number of nitrogens with one attached hydrogen (secondary N) is 1. The van der Waals surface area contributed by atoms with Crippen LogP contribution in [-0.2, 0) is 12.7 Å². The first-order valence-electron chi connectivity index (χ1n) is 9.37. The molecular weight excluding hydrogens is 487 g/mol. The van der Waals surface area contributed by atoms with Crippen molar-refractivity contribution < 1.29 is 22.4 Å². The van der Waals surface area contributed by atoms with Crippen molar-refractivity contribution in [1.82, 2.24) is 24.4 Å². The summed E-state index contributed by atoms with van der Waals surface area (Å²) in [5, 5.41) is 10.3. The van der Waals surface area contributed by atoms with Gasteiger partial charge in [-0.2, -0.15) is 23.4 Å². The van der Waals surface area contributed by atoms with Gasteiger partial charge < -0.3 is 5.32 Å². The SMILES string of the molecule is Cc1cc(C(F)(F)F)n2nc(C(=O)Nc3cc(C)n(Cc4ccc(F)cc4Cl)n3)c(Cl)c2n1.